The maximum atomic E-state index is 17.0. The van der Waals surface area contributed by atoms with Crippen molar-refractivity contribution in [2.24, 2.45) is 7.05 Å². The number of aromatic nitrogens is 2. The van der Waals surface area contributed by atoms with E-state index in [4.69, 9.17) is 0 Å². The standard InChI is InChI=1S/C49H55FN10O6/c1-54(2)49(66)32-12-13-36(37-14-15-38-43(44(37)50)45(53-57(38)5)48(65)51-34-9-6-8-31(26-34)29-61)33(27-32)28-58-22-24-59(25-23-58)35-18-20-60(21-19-35)40-11-7-10-39(46(40)55(3)30-62)56(4)41-16-17-42(63)52-47(41)64/h6-15,26-27,29-30,35,41H,16-25,28H2,1-5H3,(H,51,65)(H,52,63,64). The molecule has 3 fully saturated rings. The SMILES string of the molecule is CN(C)C(=O)c1ccc(-c2ccc3c(c(C(=O)Nc4cccc(C=O)c4)nn3C)c2F)c(CN2CCN(C3CCN(c4cccc(N(C)C5CCC(=O)NC5=O)c4N(C)C=O)CC3)CC2)c1. The predicted octanol–water partition coefficient (Wildman–Crippen LogP) is 4.77. The van der Waals surface area contributed by atoms with Crippen molar-refractivity contribution in [2.45, 2.75) is 44.3 Å². The van der Waals surface area contributed by atoms with Crippen molar-refractivity contribution in [2.75, 3.05) is 87.5 Å². The molecule has 344 valence electrons. The number of hydrogen-bond donors (Lipinski definition) is 2. The van der Waals surface area contributed by atoms with Crippen LogP contribution in [0.2, 0.25) is 0 Å². The highest BCUT2D eigenvalue weighted by atomic mass is 19.1. The summed E-state index contributed by atoms with van der Waals surface area (Å²) in [5.41, 5.74) is 5.64. The zero-order valence-electron chi connectivity index (χ0n) is 37.9. The fraction of sp³-hybridized carbons (Fsp3) is 0.367. The molecule has 5 amide bonds. The first kappa shape index (κ1) is 45.6. The van der Waals surface area contributed by atoms with E-state index in [0.29, 0.717) is 58.9 Å². The number of benzene rings is 4. The molecule has 3 aliphatic heterocycles. The van der Waals surface area contributed by atoms with Gasteiger partial charge in [0.15, 0.2) is 5.69 Å². The molecule has 0 bridgehead atoms. The smallest absolute Gasteiger partial charge is 0.276 e. The van der Waals surface area contributed by atoms with Crippen LogP contribution in [0.4, 0.5) is 27.1 Å². The Morgan fingerprint density at radius 2 is 1.61 bits per heavy atom. The molecule has 0 saturated carbocycles. The Morgan fingerprint density at radius 1 is 0.879 bits per heavy atom. The molecule has 66 heavy (non-hydrogen) atoms. The normalized spacial score (nSPS) is 17.4. The summed E-state index contributed by atoms with van der Waals surface area (Å²) in [6.07, 6.45) is 3.93. The summed E-state index contributed by atoms with van der Waals surface area (Å²) in [5, 5.41) is 9.66. The van der Waals surface area contributed by atoms with Crippen molar-refractivity contribution < 1.29 is 33.2 Å². The Hall–Kier alpha value is -6.98. The van der Waals surface area contributed by atoms with Gasteiger partial charge in [-0.25, -0.2) is 4.39 Å². The number of halogens is 1. The van der Waals surface area contributed by atoms with Crippen LogP contribution < -0.4 is 25.3 Å². The van der Waals surface area contributed by atoms with E-state index < -0.39 is 17.8 Å². The van der Waals surface area contributed by atoms with Crippen LogP contribution in [0.15, 0.2) is 72.8 Å². The van der Waals surface area contributed by atoms with Crippen molar-refractivity contribution in [1.29, 1.82) is 0 Å². The molecule has 0 spiro atoms. The summed E-state index contributed by atoms with van der Waals surface area (Å²) in [4.78, 5) is 87.2. The number of aldehydes is 1. The number of hydrogen-bond acceptors (Lipinski definition) is 11. The molecule has 3 saturated heterocycles. The van der Waals surface area contributed by atoms with E-state index in [0.717, 1.165) is 75.5 Å². The average Bonchev–Trinajstić information content (AvgIpc) is 3.68. The first-order valence-corrected chi connectivity index (χ1v) is 22.2. The summed E-state index contributed by atoms with van der Waals surface area (Å²) >= 11 is 0. The van der Waals surface area contributed by atoms with Crippen LogP contribution >= 0.6 is 0 Å². The van der Waals surface area contributed by atoms with E-state index in [-0.39, 0.29) is 40.8 Å². The van der Waals surface area contributed by atoms with E-state index in [1.807, 2.05) is 36.2 Å². The molecule has 1 atom stereocenters. The number of amides is 5. The number of anilines is 4. The molecule has 3 aliphatic rings. The number of imide groups is 1. The van der Waals surface area contributed by atoms with Crippen molar-refractivity contribution in [3.05, 3.63) is 101 Å². The minimum atomic E-state index is -0.616. The van der Waals surface area contributed by atoms with E-state index >= 15 is 4.39 Å². The maximum Gasteiger partial charge on any atom is 0.276 e. The topological polar surface area (TPSA) is 164 Å². The molecule has 17 heteroatoms. The zero-order valence-corrected chi connectivity index (χ0v) is 37.9. The molecule has 1 unspecified atom stereocenters. The predicted molar refractivity (Wildman–Crippen MR) is 251 cm³/mol. The molecule has 5 aromatic rings. The number of nitrogens with one attached hydrogen (secondary N) is 2. The third-order valence-corrected chi connectivity index (χ3v) is 13.2. The van der Waals surface area contributed by atoms with E-state index in [1.165, 1.54) is 15.6 Å². The number of rotatable bonds is 13. The van der Waals surface area contributed by atoms with Gasteiger partial charge in [0.2, 0.25) is 18.2 Å². The van der Waals surface area contributed by atoms with Crippen LogP contribution in [0.1, 0.15) is 62.5 Å². The highest BCUT2D eigenvalue weighted by Crippen LogP contribution is 2.41. The summed E-state index contributed by atoms with van der Waals surface area (Å²) in [5.74, 6) is -2.01. The Morgan fingerprint density at radius 3 is 2.30 bits per heavy atom. The molecule has 0 radical (unpaired) electrons. The molecule has 16 nitrogen and oxygen atoms in total. The highest BCUT2D eigenvalue weighted by molar-refractivity contribution is 6.12. The van der Waals surface area contributed by atoms with E-state index in [2.05, 4.69) is 30.4 Å². The average molecular weight is 899 g/mol. The van der Waals surface area contributed by atoms with Gasteiger partial charge in [-0.05, 0) is 78.9 Å². The maximum absolute atomic E-state index is 17.0. The first-order valence-electron chi connectivity index (χ1n) is 22.2. The number of carbonyl (C=O) groups is 6. The van der Waals surface area contributed by atoms with Gasteiger partial charge in [-0.3, -0.25) is 48.6 Å². The van der Waals surface area contributed by atoms with Crippen LogP contribution in [-0.2, 0) is 28.0 Å². The van der Waals surface area contributed by atoms with Gasteiger partial charge < -0.3 is 24.9 Å². The van der Waals surface area contributed by atoms with E-state index in [1.54, 1.807) is 75.6 Å². The first-order chi connectivity index (χ1) is 31.8. The van der Waals surface area contributed by atoms with Crippen LogP contribution in [0, 0.1) is 5.82 Å². The fourth-order valence-electron chi connectivity index (χ4n) is 9.63. The lowest BCUT2D eigenvalue weighted by Gasteiger charge is -2.44. The number of aryl methyl sites for hydroxylation is 1. The number of carbonyl (C=O) groups excluding carboxylic acids is 6. The van der Waals surface area contributed by atoms with Gasteiger partial charge >= 0.3 is 0 Å². The molecule has 1 aromatic heterocycles. The number of likely N-dealkylation sites (N-methyl/N-ethyl adjacent to an activating group) is 1. The molecule has 0 aliphatic carbocycles. The number of piperazine rings is 1. The second kappa shape index (κ2) is 19.2. The Labute approximate surface area is 382 Å². The molecular formula is C49H55FN10O6. The lowest BCUT2D eigenvalue weighted by molar-refractivity contribution is -0.134. The summed E-state index contributed by atoms with van der Waals surface area (Å²) in [6.45, 7) is 5.18. The quantitative estimate of drug-likeness (QED) is 0.124. The zero-order chi connectivity index (χ0) is 46.8. The number of nitrogens with zero attached hydrogens (tertiary/aromatic N) is 8. The third-order valence-electron chi connectivity index (χ3n) is 13.2. The van der Waals surface area contributed by atoms with Crippen molar-refractivity contribution in [1.82, 2.24) is 29.8 Å². The van der Waals surface area contributed by atoms with Gasteiger partial charge in [-0.2, -0.15) is 5.10 Å². The summed E-state index contributed by atoms with van der Waals surface area (Å²) < 4.78 is 18.5. The van der Waals surface area contributed by atoms with Gasteiger partial charge in [0, 0.05) is 116 Å². The van der Waals surface area contributed by atoms with Crippen molar-refractivity contribution >= 4 is 70.0 Å². The molecule has 4 heterocycles. The lowest BCUT2D eigenvalue weighted by Crippen LogP contribution is -2.53. The Balaban J connectivity index is 0.975. The largest absolute Gasteiger partial charge is 0.370 e. The number of para-hydroxylation sites is 1. The van der Waals surface area contributed by atoms with Gasteiger partial charge in [0.1, 0.15) is 18.1 Å². The molecule has 2 N–H and O–H groups in total. The Kier molecular flexibility index (Phi) is 13.3. The Bertz CT molecular complexity index is 2700. The molecule has 4 aromatic carbocycles. The van der Waals surface area contributed by atoms with Crippen LogP contribution in [0.3, 0.4) is 0 Å². The van der Waals surface area contributed by atoms with Crippen LogP contribution in [-0.4, -0.2) is 140 Å². The number of piperidine rings is 2. The van der Waals surface area contributed by atoms with E-state index in [9.17, 15) is 28.8 Å². The van der Waals surface area contributed by atoms with Gasteiger partial charge in [0.25, 0.3) is 11.8 Å². The monoisotopic (exact) mass is 898 g/mol. The second-order valence-corrected chi connectivity index (χ2v) is 17.5. The number of fused-ring (bicyclic) bond motifs is 1. The van der Waals surface area contributed by atoms with Crippen LogP contribution in [0.5, 0.6) is 0 Å². The minimum Gasteiger partial charge on any atom is -0.370 e. The van der Waals surface area contributed by atoms with Crippen molar-refractivity contribution in [3.63, 3.8) is 0 Å². The highest BCUT2D eigenvalue weighted by Gasteiger charge is 2.34. The van der Waals surface area contributed by atoms with Gasteiger partial charge in [0.05, 0.1) is 28.0 Å². The molecule has 8 rings (SSSR count). The minimum absolute atomic E-state index is 0.0670. The third kappa shape index (κ3) is 9.13. The van der Waals surface area contributed by atoms with Gasteiger partial charge in [-0.1, -0.05) is 24.3 Å². The summed E-state index contributed by atoms with van der Waals surface area (Å²) in [7, 11) is 8.58. The fourth-order valence-corrected chi connectivity index (χ4v) is 9.63. The molecular weight excluding hydrogens is 844 g/mol. The summed E-state index contributed by atoms with van der Waals surface area (Å²) in [6, 6.07) is 20.9. The lowest BCUT2D eigenvalue weighted by atomic mass is 9.94. The van der Waals surface area contributed by atoms with Crippen LogP contribution in [0.25, 0.3) is 22.0 Å². The second-order valence-electron chi connectivity index (χ2n) is 17.5. The van der Waals surface area contributed by atoms with Gasteiger partial charge in [-0.15, -0.1) is 0 Å². The van der Waals surface area contributed by atoms with Crippen molar-refractivity contribution in [3.8, 4) is 11.1 Å².